The zero-order valence-corrected chi connectivity index (χ0v) is 5.85. The molecule has 1 unspecified atom stereocenters. The van der Waals surface area contributed by atoms with E-state index in [1.165, 1.54) is 19.3 Å². The molecule has 0 aromatic heterocycles. The van der Waals surface area contributed by atoms with Crippen molar-refractivity contribution in [1.82, 2.24) is 0 Å². The Bertz CT molecular complexity index is 184. The lowest BCUT2D eigenvalue weighted by Crippen LogP contribution is -1.97. The topological polar surface area (TPSA) is 0 Å². The highest BCUT2D eigenvalue weighted by Gasteiger charge is 2.24. The van der Waals surface area contributed by atoms with E-state index in [4.69, 9.17) is 0 Å². The van der Waals surface area contributed by atoms with Crippen molar-refractivity contribution >= 4 is 0 Å². The lowest BCUT2D eigenvalue weighted by Gasteiger charge is -2.12. The summed E-state index contributed by atoms with van der Waals surface area (Å²) in [7, 11) is 0. The summed E-state index contributed by atoms with van der Waals surface area (Å²) in [5, 5.41) is 0. The first-order valence-corrected chi connectivity index (χ1v) is 3.83. The van der Waals surface area contributed by atoms with Crippen LogP contribution in [0.5, 0.6) is 0 Å². The van der Waals surface area contributed by atoms with Gasteiger partial charge in [-0.3, -0.25) is 0 Å². The monoisotopic (exact) mass is 120 g/mol. The second-order valence-electron chi connectivity index (χ2n) is 2.96. The Morgan fingerprint density at radius 3 is 2.78 bits per heavy atom. The Labute approximate surface area is 56.3 Å². The maximum Gasteiger partial charge on any atom is -0.0159 e. The summed E-state index contributed by atoms with van der Waals surface area (Å²) in [4.78, 5) is 0. The SMILES string of the molecule is CCC1CCC2=C1C=C2. The van der Waals surface area contributed by atoms with Crippen LogP contribution in [0.3, 0.4) is 0 Å². The molecule has 0 nitrogen and oxygen atoms in total. The van der Waals surface area contributed by atoms with Crippen LogP contribution in [-0.4, -0.2) is 0 Å². The van der Waals surface area contributed by atoms with Crippen LogP contribution in [-0.2, 0) is 0 Å². The lowest BCUT2D eigenvalue weighted by atomic mass is 9.93. The Morgan fingerprint density at radius 2 is 2.44 bits per heavy atom. The van der Waals surface area contributed by atoms with Crippen LogP contribution in [0.1, 0.15) is 26.2 Å². The smallest absolute Gasteiger partial charge is 0.0159 e. The number of hydrogen-bond donors (Lipinski definition) is 0. The summed E-state index contributed by atoms with van der Waals surface area (Å²) in [6.07, 6.45) is 8.66. The van der Waals surface area contributed by atoms with Crippen molar-refractivity contribution in [3.8, 4) is 0 Å². The Kier molecular flexibility index (Phi) is 1.01. The van der Waals surface area contributed by atoms with Crippen molar-refractivity contribution < 1.29 is 0 Å². The van der Waals surface area contributed by atoms with Gasteiger partial charge in [-0.25, -0.2) is 0 Å². The van der Waals surface area contributed by atoms with E-state index in [9.17, 15) is 0 Å². The minimum Gasteiger partial charge on any atom is -0.0648 e. The van der Waals surface area contributed by atoms with Gasteiger partial charge in [0.2, 0.25) is 0 Å². The molecule has 0 fully saturated rings. The summed E-state index contributed by atoms with van der Waals surface area (Å²) in [6.45, 7) is 2.28. The van der Waals surface area contributed by atoms with Crippen molar-refractivity contribution in [2.24, 2.45) is 5.92 Å². The van der Waals surface area contributed by atoms with E-state index in [1.54, 1.807) is 11.1 Å². The first-order chi connectivity index (χ1) is 4.42. The van der Waals surface area contributed by atoms with Crippen molar-refractivity contribution in [3.05, 3.63) is 23.3 Å². The number of allylic oxidation sites excluding steroid dienone is 4. The van der Waals surface area contributed by atoms with Crippen molar-refractivity contribution in [3.63, 3.8) is 0 Å². The van der Waals surface area contributed by atoms with Gasteiger partial charge >= 0.3 is 0 Å². The highest BCUT2D eigenvalue weighted by Crippen LogP contribution is 2.40. The molecular weight excluding hydrogens is 108 g/mol. The predicted molar refractivity (Wildman–Crippen MR) is 39.2 cm³/mol. The third kappa shape index (κ3) is 0.592. The molecule has 0 aromatic rings. The highest BCUT2D eigenvalue weighted by molar-refractivity contribution is 5.48. The van der Waals surface area contributed by atoms with E-state index in [2.05, 4.69) is 19.1 Å². The van der Waals surface area contributed by atoms with E-state index < -0.39 is 0 Å². The largest absolute Gasteiger partial charge is 0.0648 e. The molecule has 0 saturated carbocycles. The molecule has 0 heterocycles. The molecule has 0 saturated heterocycles. The van der Waals surface area contributed by atoms with Gasteiger partial charge in [-0.15, -0.1) is 0 Å². The maximum atomic E-state index is 2.29. The predicted octanol–water partition coefficient (Wildman–Crippen LogP) is 2.67. The van der Waals surface area contributed by atoms with Crippen molar-refractivity contribution in [1.29, 1.82) is 0 Å². The van der Waals surface area contributed by atoms with Crippen LogP contribution in [0, 0.1) is 5.92 Å². The molecule has 0 bridgehead atoms. The van der Waals surface area contributed by atoms with Gasteiger partial charge in [0.05, 0.1) is 0 Å². The minimum absolute atomic E-state index is 0.921. The van der Waals surface area contributed by atoms with Crippen LogP contribution in [0.2, 0.25) is 0 Å². The molecule has 0 radical (unpaired) electrons. The first-order valence-electron chi connectivity index (χ1n) is 3.83. The van der Waals surface area contributed by atoms with E-state index >= 15 is 0 Å². The third-order valence-electron chi connectivity index (χ3n) is 2.53. The van der Waals surface area contributed by atoms with Gasteiger partial charge in [-0.05, 0) is 36.3 Å². The average Bonchev–Trinajstić information content (AvgIpc) is 2.07. The molecule has 0 spiro atoms. The van der Waals surface area contributed by atoms with Crippen LogP contribution < -0.4 is 0 Å². The first kappa shape index (κ1) is 5.28. The molecule has 0 aromatic carbocycles. The zero-order valence-electron chi connectivity index (χ0n) is 5.85. The molecule has 2 aliphatic carbocycles. The molecule has 0 aliphatic heterocycles. The zero-order chi connectivity index (χ0) is 6.27. The quantitative estimate of drug-likeness (QED) is 0.499. The minimum atomic E-state index is 0.921. The van der Waals surface area contributed by atoms with E-state index in [0.717, 1.165) is 5.92 Å². The molecule has 48 valence electrons. The van der Waals surface area contributed by atoms with E-state index in [1.807, 2.05) is 0 Å². The van der Waals surface area contributed by atoms with Gasteiger partial charge < -0.3 is 0 Å². The fraction of sp³-hybridized carbons (Fsp3) is 0.556. The number of hydrogen-bond acceptors (Lipinski definition) is 0. The summed E-state index contributed by atoms with van der Waals surface area (Å²) in [6, 6.07) is 0. The van der Waals surface area contributed by atoms with Crippen LogP contribution in [0.15, 0.2) is 23.3 Å². The summed E-state index contributed by atoms with van der Waals surface area (Å²) in [5.41, 5.74) is 3.30. The van der Waals surface area contributed by atoms with Gasteiger partial charge in [-0.2, -0.15) is 0 Å². The second-order valence-corrected chi connectivity index (χ2v) is 2.96. The summed E-state index contributed by atoms with van der Waals surface area (Å²) < 4.78 is 0. The standard InChI is InChI=1S/C9H12/c1-2-7-3-4-8-5-6-9(7)8/h5-7H,2-4H2,1H3. The van der Waals surface area contributed by atoms with Crippen molar-refractivity contribution in [2.75, 3.05) is 0 Å². The Balaban J connectivity index is 2.16. The molecular formula is C9H12. The molecule has 9 heavy (non-hydrogen) atoms. The maximum absolute atomic E-state index is 2.29. The summed E-state index contributed by atoms with van der Waals surface area (Å²) in [5.74, 6) is 0.921. The van der Waals surface area contributed by atoms with Gasteiger partial charge in [0, 0.05) is 0 Å². The molecule has 1 atom stereocenters. The van der Waals surface area contributed by atoms with E-state index in [0.29, 0.717) is 0 Å². The fourth-order valence-electron chi connectivity index (χ4n) is 1.83. The molecule has 0 heteroatoms. The number of rotatable bonds is 1. The van der Waals surface area contributed by atoms with Gasteiger partial charge in [-0.1, -0.05) is 19.1 Å². The third-order valence-corrected chi connectivity index (χ3v) is 2.53. The lowest BCUT2D eigenvalue weighted by molar-refractivity contribution is 0.595. The normalized spacial score (nSPS) is 30.6. The molecule has 0 amide bonds. The Hall–Kier alpha value is -0.520. The van der Waals surface area contributed by atoms with Crippen LogP contribution in [0.4, 0.5) is 0 Å². The van der Waals surface area contributed by atoms with Gasteiger partial charge in [0.25, 0.3) is 0 Å². The van der Waals surface area contributed by atoms with Crippen LogP contribution in [0.25, 0.3) is 0 Å². The molecule has 2 aliphatic rings. The van der Waals surface area contributed by atoms with Gasteiger partial charge in [0.1, 0.15) is 0 Å². The molecule has 2 rings (SSSR count). The summed E-state index contributed by atoms with van der Waals surface area (Å²) >= 11 is 0. The highest BCUT2D eigenvalue weighted by atomic mass is 14.3. The van der Waals surface area contributed by atoms with Crippen LogP contribution >= 0.6 is 0 Å². The van der Waals surface area contributed by atoms with Gasteiger partial charge in [0.15, 0.2) is 0 Å². The molecule has 0 N–H and O–H groups in total. The van der Waals surface area contributed by atoms with E-state index in [-0.39, 0.29) is 0 Å². The Morgan fingerprint density at radius 1 is 1.56 bits per heavy atom. The average molecular weight is 120 g/mol. The second kappa shape index (κ2) is 1.73. The van der Waals surface area contributed by atoms with Crippen molar-refractivity contribution in [2.45, 2.75) is 26.2 Å². The fourth-order valence-corrected chi connectivity index (χ4v) is 1.83.